The van der Waals surface area contributed by atoms with Crippen molar-refractivity contribution in [2.24, 2.45) is 0 Å². The number of thiazole rings is 1. The molecule has 1 aliphatic heterocycles. The fourth-order valence-corrected chi connectivity index (χ4v) is 3.31. The van der Waals surface area contributed by atoms with Gasteiger partial charge in [-0.15, -0.1) is 11.3 Å². The molecule has 0 radical (unpaired) electrons. The molecular formula is C13H16N4S. The SMILES string of the molecule is Cc1csc(C2CCN(c3ncccn3)CC2)n1. The number of hydrogen-bond acceptors (Lipinski definition) is 5. The summed E-state index contributed by atoms with van der Waals surface area (Å²) in [5.74, 6) is 1.47. The van der Waals surface area contributed by atoms with E-state index in [0.29, 0.717) is 5.92 Å². The molecule has 0 aliphatic carbocycles. The normalized spacial score (nSPS) is 17.1. The van der Waals surface area contributed by atoms with Crippen molar-refractivity contribution in [1.29, 1.82) is 0 Å². The standard InChI is InChI=1S/C13H16N4S/c1-10-9-18-12(16-10)11-3-7-17(8-4-11)13-14-5-2-6-15-13/h2,5-6,9,11H,3-4,7-8H2,1H3. The Morgan fingerprint density at radius 1 is 1.22 bits per heavy atom. The lowest BCUT2D eigenvalue weighted by Crippen LogP contribution is -2.34. The van der Waals surface area contributed by atoms with E-state index in [1.54, 1.807) is 23.7 Å². The Kier molecular flexibility index (Phi) is 3.23. The van der Waals surface area contributed by atoms with Crippen molar-refractivity contribution in [3.05, 3.63) is 34.5 Å². The molecule has 5 heteroatoms. The van der Waals surface area contributed by atoms with E-state index in [1.807, 2.05) is 6.07 Å². The highest BCUT2D eigenvalue weighted by Gasteiger charge is 2.23. The first kappa shape index (κ1) is 11.6. The number of hydrogen-bond donors (Lipinski definition) is 0. The van der Waals surface area contributed by atoms with Crippen LogP contribution < -0.4 is 4.90 Å². The number of rotatable bonds is 2. The Balaban J connectivity index is 1.65. The molecule has 18 heavy (non-hydrogen) atoms. The van der Waals surface area contributed by atoms with Crippen molar-refractivity contribution in [2.45, 2.75) is 25.7 Å². The Morgan fingerprint density at radius 2 is 1.94 bits per heavy atom. The highest BCUT2D eigenvalue weighted by Crippen LogP contribution is 2.30. The van der Waals surface area contributed by atoms with Gasteiger partial charge in [0.15, 0.2) is 0 Å². The molecule has 0 spiro atoms. The van der Waals surface area contributed by atoms with Crippen molar-refractivity contribution in [1.82, 2.24) is 15.0 Å². The van der Waals surface area contributed by atoms with Crippen LogP contribution in [0.3, 0.4) is 0 Å². The molecule has 94 valence electrons. The van der Waals surface area contributed by atoms with Gasteiger partial charge in [0.2, 0.25) is 5.95 Å². The van der Waals surface area contributed by atoms with Gasteiger partial charge in [-0.25, -0.2) is 15.0 Å². The second-order valence-electron chi connectivity index (χ2n) is 4.64. The number of piperidine rings is 1. The molecular weight excluding hydrogens is 244 g/mol. The van der Waals surface area contributed by atoms with Crippen LogP contribution in [0.2, 0.25) is 0 Å². The highest BCUT2D eigenvalue weighted by molar-refractivity contribution is 7.09. The van der Waals surface area contributed by atoms with Gasteiger partial charge in [-0.1, -0.05) is 0 Å². The van der Waals surface area contributed by atoms with Crippen molar-refractivity contribution in [3.63, 3.8) is 0 Å². The molecule has 0 aromatic carbocycles. The van der Waals surface area contributed by atoms with Crippen molar-refractivity contribution in [2.75, 3.05) is 18.0 Å². The molecule has 1 fully saturated rings. The summed E-state index contributed by atoms with van der Waals surface area (Å²) in [5, 5.41) is 3.43. The Hall–Kier alpha value is -1.49. The van der Waals surface area contributed by atoms with E-state index in [9.17, 15) is 0 Å². The molecule has 3 rings (SSSR count). The minimum Gasteiger partial charge on any atom is -0.341 e. The summed E-state index contributed by atoms with van der Waals surface area (Å²) < 4.78 is 0. The van der Waals surface area contributed by atoms with E-state index in [2.05, 4.69) is 32.2 Å². The lowest BCUT2D eigenvalue weighted by atomic mass is 9.98. The molecule has 4 nitrogen and oxygen atoms in total. The third kappa shape index (κ3) is 2.36. The van der Waals surface area contributed by atoms with Gasteiger partial charge in [-0.2, -0.15) is 0 Å². The first-order valence-electron chi connectivity index (χ1n) is 6.27. The average molecular weight is 260 g/mol. The van der Waals surface area contributed by atoms with Gasteiger partial charge in [0.1, 0.15) is 0 Å². The summed E-state index contributed by atoms with van der Waals surface area (Å²) >= 11 is 1.79. The lowest BCUT2D eigenvalue weighted by Gasteiger charge is -2.30. The average Bonchev–Trinajstić information content (AvgIpc) is 2.87. The molecule has 0 saturated carbocycles. The van der Waals surface area contributed by atoms with Crippen LogP contribution in [0.5, 0.6) is 0 Å². The number of nitrogens with zero attached hydrogens (tertiary/aromatic N) is 4. The topological polar surface area (TPSA) is 41.9 Å². The minimum atomic E-state index is 0.615. The second-order valence-corrected chi connectivity index (χ2v) is 5.53. The predicted octanol–water partition coefficient (Wildman–Crippen LogP) is 2.63. The maximum Gasteiger partial charge on any atom is 0.225 e. The zero-order valence-corrected chi connectivity index (χ0v) is 11.2. The van der Waals surface area contributed by atoms with Crippen LogP contribution >= 0.6 is 11.3 Å². The minimum absolute atomic E-state index is 0.615. The van der Waals surface area contributed by atoms with Gasteiger partial charge in [-0.3, -0.25) is 0 Å². The zero-order valence-electron chi connectivity index (χ0n) is 10.4. The molecule has 0 amide bonds. The smallest absolute Gasteiger partial charge is 0.225 e. The maximum atomic E-state index is 4.60. The number of aromatic nitrogens is 3. The largest absolute Gasteiger partial charge is 0.341 e. The van der Waals surface area contributed by atoms with Gasteiger partial charge in [0.05, 0.1) is 5.01 Å². The Morgan fingerprint density at radius 3 is 2.56 bits per heavy atom. The first-order valence-corrected chi connectivity index (χ1v) is 7.15. The Labute approximate surface area is 111 Å². The summed E-state index contributed by atoms with van der Waals surface area (Å²) in [6.07, 6.45) is 5.90. The van der Waals surface area contributed by atoms with Crippen LogP contribution in [-0.4, -0.2) is 28.0 Å². The molecule has 1 aliphatic rings. The molecule has 0 unspecified atom stereocenters. The van der Waals surface area contributed by atoms with Crippen molar-refractivity contribution >= 4 is 17.3 Å². The van der Waals surface area contributed by atoms with E-state index < -0.39 is 0 Å². The molecule has 2 aromatic rings. The van der Waals surface area contributed by atoms with Crippen molar-refractivity contribution < 1.29 is 0 Å². The molecule has 0 atom stereocenters. The van der Waals surface area contributed by atoms with Crippen LogP contribution in [0.15, 0.2) is 23.8 Å². The van der Waals surface area contributed by atoms with Crippen LogP contribution in [0.1, 0.15) is 29.5 Å². The van der Waals surface area contributed by atoms with Crippen LogP contribution in [0, 0.1) is 6.92 Å². The summed E-state index contributed by atoms with van der Waals surface area (Å²) in [7, 11) is 0. The maximum absolute atomic E-state index is 4.60. The van der Waals surface area contributed by atoms with E-state index in [1.165, 1.54) is 5.01 Å². The van der Waals surface area contributed by atoms with Crippen LogP contribution in [0.25, 0.3) is 0 Å². The summed E-state index contributed by atoms with van der Waals surface area (Å²) in [6.45, 7) is 4.10. The van der Waals surface area contributed by atoms with Gasteiger partial charge in [0, 0.05) is 42.5 Å². The summed E-state index contributed by atoms with van der Waals surface area (Å²) in [4.78, 5) is 15.5. The number of anilines is 1. The zero-order chi connectivity index (χ0) is 12.4. The van der Waals surface area contributed by atoms with E-state index in [-0.39, 0.29) is 0 Å². The fourth-order valence-electron chi connectivity index (χ4n) is 2.34. The third-order valence-electron chi connectivity index (χ3n) is 3.32. The molecule has 1 saturated heterocycles. The van der Waals surface area contributed by atoms with Gasteiger partial charge < -0.3 is 4.90 Å². The molecule has 2 aromatic heterocycles. The van der Waals surface area contributed by atoms with Crippen molar-refractivity contribution in [3.8, 4) is 0 Å². The molecule has 3 heterocycles. The summed E-state index contributed by atoms with van der Waals surface area (Å²) in [6, 6.07) is 1.86. The molecule has 0 bridgehead atoms. The second kappa shape index (κ2) is 5.02. The fraction of sp³-hybridized carbons (Fsp3) is 0.462. The van der Waals surface area contributed by atoms with Crippen LogP contribution in [0.4, 0.5) is 5.95 Å². The third-order valence-corrected chi connectivity index (χ3v) is 4.44. The Bertz CT molecular complexity index is 503. The summed E-state index contributed by atoms with van der Waals surface area (Å²) in [5.41, 5.74) is 1.14. The quantitative estimate of drug-likeness (QED) is 0.832. The van der Waals surface area contributed by atoms with E-state index in [0.717, 1.165) is 37.6 Å². The van der Waals surface area contributed by atoms with Gasteiger partial charge in [-0.05, 0) is 25.8 Å². The first-order chi connectivity index (χ1) is 8.83. The predicted molar refractivity (Wildman–Crippen MR) is 73.1 cm³/mol. The van der Waals surface area contributed by atoms with E-state index >= 15 is 0 Å². The van der Waals surface area contributed by atoms with Gasteiger partial charge in [0.25, 0.3) is 0 Å². The highest BCUT2D eigenvalue weighted by atomic mass is 32.1. The number of aryl methyl sites for hydroxylation is 1. The lowest BCUT2D eigenvalue weighted by molar-refractivity contribution is 0.497. The molecule has 0 N–H and O–H groups in total. The van der Waals surface area contributed by atoms with Crippen LogP contribution in [-0.2, 0) is 0 Å². The van der Waals surface area contributed by atoms with E-state index in [4.69, 9.17) is 0 Å². The van der Waals surface area contributed by atoms with Gasteiger partial charge >= 0.3 is 0 Å². The monoisotopic (exact) mass is 260 g/mol.